The van der Waals surface area contributed by atoms with Crippen LogP contribution >= 0.6 is 0 Å². The summed E-state index contributed by atoms with van der Waals surface area (Å²) in [4.78, 5) is 12.7. The Morgan fingerprint density at radius 1 is 0.744 bits per heavy atom. The number of hydrogen-bond donors (Lipinski definition) is 6. The molecule has 0 spiro atoms. The van der Waals surface area contributed by atoms with Crippen molar-refractivity contribution >= 4 is 36.3 Å². The van der Waals surface area contributed by atoms with Crippen LogP contribution in [0, 0.1) is 5.53 Å². The van der Waals surface area contributed by atoms with Gasteiger partial charge in [0.2, 0.25) is 5.75 Å². The quantitative estimate of drug-likeness (QED) is 0.0467. The lowest BCUT2D eigenvalue weighted by Crippen LogP contribution is -2.26. The van der Waals surface area contributed by atoms with Crippen LogP contribution in [-0.4, -0.2) is 95.0 Å². The second-order valence-electron chi connectivity index (χ2n) is 7.90. The van der Waals surface area contributed by atoms with E-state index in [1.807, 2.05) is 0 Å². The zero-order valence-corrected chi connectivity index (χ0v) is 23.2. The molecule has 1 aromatic carbocycles. The number of nitrogens with zero attached hydrogens (tertiary/aromatic N) is 1. The first-order chi connectivity index (χ1) is 18.1. The average Bonchev–Trinajstić information content (AvgIpc) is 2.80. The highest BCUT2D eigenvalue weighted by molar-refractivity contribution is 7.86. The molecule has 0 fully saturated rings. The summed E-state index contributed by atoms with van der Waals surface area (Å²) >= 11 is 0. The molecule has 1 aromatic rings. The number of carbonyl (C=O) groups is 1. The zero-order valence-electron chi connectivity index (χ0n) is 20.7. The topological polar surface area (TPSA) is 268 Å². The minimum atomic E-state index is -4.27. The molecule has 0 bridgehead atoms. The van der Waals surface area contributed by atoms with Crippen molar-refractivity contribution in [3.63, 3.8) is 0 Å². The molecule has 0 heterocycles. The van der Waals surface area contributed by atoms with Crippen LogP contribution in [0.1, 0.15) is 36.0 Å². The van der Waals surface area contributed by atoms with Gasteiger partial charge in [0.15, 0.2) is 11.5 Å². The molecule has 0 radical (unpaired) electrons. The van der Waals surface area contributed by atoms with E-state index in [1.165, 1.54) is 12.1 Å². The second kappa shape index (κ2) is 16.4. The molecule has 1 rings (SSSR count). The van der Waals surface area contributed by atoms with E-state index < -0.39 is 53.5 Å². The maximum atomic E-state index is 12.7. The first-order valence-corrected chi connectivity index (χ1v) is 16.2. The Kier molecular flexibility index (Phi) is 14.4. The van der Waals surface area contributed by atoms with E-state index in [0.717, 1.165) is 0 Å². The summed E-state index contributed by atoms with van der Waals surface area (Å²) in [5.41, 5.74) is 9.09. The lowest BCUT2D eigenvalue weighted by Gasteiger charge is -2.18. The number of carbonyl (C=O) groups excluding carboxylic acids is 1. The highest BCUT2D eigenvalue weighted by atomic mass is 32.2. The van der Waals surface area contributed by atoms with Gasteiger partial charge in [0, 0.05) is 18.7 Å². The maximum absolute atomic E-state index is 12.7. The van der Waals surface area contributed by atoms with Crippen LogP contribution in [0.2, 0.25) is 0 Å². The average molecular weight is 621 g/mol. The number of amides is 1. The number of hydrogen-bond acceptors (Lipinski definition) is 12. The van der Waals surface area contributed by atoms with Crippen LogP contribution in [-0.2, 0) is 30.4 Å². The van der Waals surface area contributed by atoms with Gasteiger partial charge in [-0.15, -0.1) is 0 Å². The summed E-state index contributed by atoms with van der Waals surface area (Å²) in [7, 11) is -12.8. The molecule has 0 saturated carbocycles. The molecular weight excluding hydrogens is 588 g/mol. The van der Waals surface area contributed by atoms with Gasteiger partial charge < -0.3 is 19.5 Å². The van der Waals surface area contributed by atoms with E-state index in [9.17, 15) is 30.0 Å². The fourth-order valence-corrected chi connectivity index (χ4v) is 4.30. The van der Waals surface area contributed by atoms with Crippen LogP contribution in [0.4, 0.5) is 0 Å². The molecule has 0 aliphatic rings. The Balaban J connectivity index is 3.23. The molecule has 39 heavy (non-hydrogen) atoms. The van der Waals surface area contributed by atoms with Crippen LogP contribution < -0.4 is 25.0 Å². The molecule has 0 aromatic heterocycles. The summed E-state index contributed by atoms with van der Waals surface area (Å²) in [6.45, 7) is -0.246. The van der Waals surface area contributed by atoms with E-state index in [0.29, 0.717) is 13.0 Å². The minimum Gasteiger partial charge on any atom is -0.489 e. The molecule has 20 heteroatoms. The van der Waals surface area contributed by atoms with Gasteiger partial charge in [-0.25, -0.2) is 0 Å². The molecule has 1 amide bonds. The highest BCUT2D eigenvalue weighted by Crippen LogP contribution is 2.39. The van der Waals surface area contributed by atoms with Gasteiger partial charge >= 0.3 is 0 Å². The number of nitrogens with one attached hydrogen (secondary N) is 3. The third kappa shape index (κ3) is 16.7. The largest absolute Gasteiger partial charge is 0.489 e. The standard InChI is InChI=1S/C19H32N4O13S3/c20-23-22-6-1-5-21-19(24)15-13-16(34-7-2-10-37(25,26)27)18(36-9-4-12-39(31,32)33)17(14-15)35-8-3-11-38(28,29)30/h13-14H,1-12H2,(H2,20,22)(H,21,24)(H,25,26,27)(H,28,29,30)(H,31,32,33). The van der Waals surface area contributed by atoms with Crippen molar-refractivity contribution in [3.8, 4) is 17.2 Å². The van der Waals surface area contributed by atoms with E-state index in [1.54, 1.807) is 0 Å². The van der Waals surface area contributed by atoms with Crippen molar-refractivity contribution in [1.29, 1.82) is 5.53 Å². The molecule has 0 unspecified atom stereocenters. The van der Waals surface area contributed by atoms with Crippen molar-refractivity contribution in [3.05, 3.63) is 17.7 Å². The molecule has 224 valence electrons. The molecular formula is C19H32N4O13S3. The fourth-order valence-electron chi connectivity index (χ4n) is 2.85. The summed E-state index contributed by atoms with van der Waals surface area (Å²) in [5.74, 6) is -2.77. The Morgan fingerprint density at radius 2 is 1.18 bits per heavy atom. The fraction of sp³-hybridized carbons (Fsp3) is 0.632. The normalized spacial score (nSPS) is 12.0. The summed E-state index contributed by atoms with van der Waals surface area (Å²) in [5, 5.41) is 5.60. The predicted molar refractivity (Wildman–Crippen MR) is 136 cm³/mol. The molecule has 0 saturated heterocycles. The third-order valence-electron chi connectivity index (χ3n) is 4.51. The summed E-state index contributed by atoms with van der Waals surface area (Å²) in [6, 6.07) is 2.51. The number of benzene rings is 1. The number of ether oxygens (including phenoxy) is 3. The second-order valence-corrected chi connectivity index (χ2v) is 12.6. The highest BCUT2D eigenvalue weighted by Gasteiger charge is 2.20. The first kappa shape index (κ1) is 34.2. The lowest BCUT2D eigenvalue weighted by molar-refractivity contribution is 0.0952. The Morgan fingerprint density at radius 3 is 1.59 bits per heavy atom. The van der Waals surface area contributed by atoms with Crippen molar-refractivity contribution in [2.24, 2.45) is 5.22 Å². The SMILES string of the molecule is N=NNCCCNC(=O)c1cc(OCCCS(=O)(=O)O)c(OCCCS(=O)(=O)O)c(OCCCS(=O)(=O)O)c1. The Bertz CT molecular complexity index is 1210. The molecule has 0 aliphatic heterocycles. The smallest absolute Gasteiger partial charge is 0.264 e. The number of rotatable bonds is 21. The molecule has 0 atom stereocenters. The zero-order chi connectivity index (χ0) is 29.5. The van der Waals surface area contributed by atoms with E-state index in [2.05, 4.69) is 16.0 Å². The third-order valence-corrected chi connectivity index (χ3v) is 6.93. The monoisotopic (exact) mass is 620 g/mol. The van der Waals surface area contributed by atoms with Gasteiger partial charge in [-0.2, -0.15) is 30.8 Å². The van der Waals surface area contributed by atoms with Gasteiger partial charge in [0.25, 0.3) is 36.3 Å². The lowest BCUT2D eigenvalue weighted by atomic mass is 10.1. The van der Waals surface area contributed by atoms with Crippen LogP contribution in [0.25, 0.3) is 0 Å². The Hall–Kier alpha value is -2.78. The first-order valence-electron chi connectivity index (χ1n) is 11.4. The van der Waals surface area contributed by atoms with Crippen LogP contribution in [0.3, 0.4) is 0 Å². The molecule has 17 nitrogen and oxygen atoms in total. The predicted octanol–water partition coefficient (Wildman–Crippen LogP) is 0.312. The summed E-state index contributed by atoms with van der Waals surface area (Å²) in [6.07, 6.45) is -0.00270. The van der Waals surface area contributed by atoms with Crippen molar-refractivity contribution in [1.82, 2.24) is 10.7 Å². The van der Waals surface area contributed by atoms with Crippen molar-refractivity contribution in [2.45, 2.75) is 25.7 Å². The van der Waals surface area contributed by atoms with Gasteiger partial charge in [0.1, 0.15) is 0 Å². The van der Waals surface area contributed by atoms with Crippen LogP contribution in [0.5, 0.6) is 17.2 Å². The van der Waals surface area contributed by atoms with Crippen LogP contribution in [0.15, 0.2) is 17.4 Å². The van der Waals surface area contributed by atoms with Gasteiger partial charge in [0.05, 0.1) is 37.1 Å². The summed E-state index contributed by atoms with van der Waals surface area (Å²) < 4.78 is 109. The molecule has 6 N–H and O–H groups in total. The van der Waals surface area contributed by atoms with E-state index in [-0.39, 0.29) is 68.4 Å². The Labute approximate surface area is 226 Å². The van der Waals surface area contributed by atoms with Crippen molar-refractivity contribution in [2.75, 3.05) is 50.2 Å². The van der Waals surface area contributed by atoms with Gasteiger partial charge in [-0.1, -0.05) is 5.22 Å². The van der Waals surface area contributed by atoms with E-state index >= 15 is 0 Å². The van der Waals surface area contributed by atoms with Crippen molar-refractivity contribution < 1.29 is 57.9 Å². The molecule has 0 aliphatic carbocycles. The van der Waals surface area contributed by atoms with Gasteiger partial charge in [-0.05, 0) is 37.8 Å². The minimum absolute atomic E-state index is 0.00739. The maximum Gasteiger partial charge on any atom is 0.264 e. The van der Waals surface area contributed by atoms with E-state index in [4.69, 9.17) is 33.4 Å². The van der Waals surface area contributed by atoms with Gasteiger partial charge in [-0.3, -0.25) is 23.9 Å².